The molecular weight excluding hydrogens is 379 g/mol. The van der Waals surface area contributed by atoms with Crippen LogP contribution < -0.4 is 0 Å². The number of piperidine rings is 1. The van der Waals surface area contributed by atoms with E-state index in [2.05, 4.69) is 4.90 Å². The maximum Gasteiger partial charge on any atom is 0.416 e. The summed E-state index contributed by atoms with van der Waals surface area (Å²) in [6.07, 6.45) is -3.35. The van der Waals surface area contributed by atoms with E-state index in [4.69, 9.17) is 11.6 Å². The van der Waals surface area contributed by atoms with Gasteiger partial charge in [0.05, 0.1) is 17.5 Å². The van der Waals surface area contributed by atoms with Crippen LogP contribution in [0.3, 0.4) is 0 Å². The van der Waals surface area contributed by atoms with Gasteiger partial charge in [0.25, 0.3) is 0 Å². The van der Waals surface area contributed by atoms with Crippen molar-refractivity contribution in [3.05, 3.63) is 70.2 Å². The Morgan fingerprint density at radius 3 is 1.93 bits per heavy atom. The average Bonchev–Trinajstić information content (AvgIpc) is 2.64. The normalized spacial score (nSPS) is 17.6. The topological polar surface area (TPSA) is 40.5 Å². The van der Waals surface area contributed by atoms with Gasteiger partial charge in [0.2, 0.25) is 0 Å². The molecule has 3 nitrogen and oxygen atoms in total. The van der Waals surface area contributed by atoms with E-state index in [0.717, 1.165) is 23.3 Å². The molecule has 0 spiro atoms. The molecule has 0 aromatic heterocycles. The van der Waals surface area contributed by atoms with Gasteiger partial charge in [-0.15, -0.1) is 0 Å². The molecule has 0 saturated carbocycles. The zero-order valence-corrected chi connectivity index (χ0v) is 15.2. The van der Waals surface area contributed by atoms with Gasteiger partial charge in [-0.25, -0.2) is 0 Å². The van der Waals surface area contributed by atoms with Crippen LogP contribution in [0, 0.1) is 5.92 Å². The highest BCUT2D eigenvalue weighted by atomic mass is 35.5. The summed E-state index contributed by atoms with van der Waals surface area (Å²) in [6, 6.07) is 12.1. The lowest BCUT2D eigenvalue weighted by Crippen LogP contribution is -2.39. The van der Waals surface area contributed by atoms with Crippen molar-refractivity contribution in [2.45, 2.75) is 25.1 Å². The fraction of sp³-hybridized carbons (Fsp3) is 0.350. The molecular formula is C20H19ClF3NO2. The molecule has 1 aliphatic rings. The maximum atomic E-state index is 12.9. The van der Waals surface area contributed by atoms with Crippen molar-refractivity contribution >= 4 is 17.6 Å². The van der Waals surface area contributed by atoms with Crippen LogP contribution in [0.2, 0.25) is 5.02 Å². The van der Waals surface area contributed by atoms with Crippen molar-refractivity contribution in [1.82, 2.24) is 4.90 Å². The Labute approximate surface area is 160 Å². The molecule has 2 aromatic carbocycles. The number of carboxylic acid groups (broad SMARTS) is 1. The minimum absolute atomic E-state index is 0.251. The molecule has 2 aromatic rings. The fourth-order valence-corrected chi connectivity index (χ4v) is 3.64. The largest absolute Gasteiger partial charge is 0.481 e. The van der Waals surface area contributed by atoms with Gasteiger partial charge in [-0.1, -0.05) is 35.9 Å². The van der Waals surface area contributed by atoms with Crippen LogP contribution in [0.5, 0.6) is 0 Å². The van der Waals surface area contributed by atoms with E-state index in [1.54, 1.807) is 12.1 Å². The van der Waals surface area contributed by atoms with E-state index in [1.807, 2.05) is 12.1 Å². The minimum atomic E-state index is -4.38. The first-order valence-electron chi connectivity index (χ1n) is 8.65. The van der Waals surface area contributed by atoms with Gasteiger partial charge < -0.3 is 5.11 Å². The Morgan fingerprint density at radius 2 is 1.48 bits per heavy atom. The number of hydrogen-bond acceptors (Lipinski definition) is 2. The monoisotopic (exact) mass is 397 g/mol. The molecule has 0 radical (unpaired) electrons. The summed E-state index contributed by atoms with van der Waals surface area (Å²) >= 11 is 5.97. The van der Waals surface area contributed by atoms with Gasteiger partial charge in [0.1, 0.15) is 0 Å². The maximum absolute atomic E-state index is 12.9. The second-order valence-corrected chi connectivity index (χ2v) is 7.16. The fourth-order valence-electron chi connectivity index (χ4n) is 3.52. The third-order valence-corrected chi connectivity index (χ3v) is 5.24. The number of carboxylic acids is 1. The summed E-state index contributed by atoms with van der Waals surface area (Å²) < 4.78 is 38.6. The van der Waals surface area contributed by atoms with Crippen molar-refractivity contribution in [1.29, 1.82) is 0 Å². The molecule has 1 heterocycles. The Kier molecular flexibility index (Phi) is 5.77. The standard InChI is InChI=1S/C20H19ClF3NO2/c21-17-7-3-14(4-8-17)18(25-11-9-15(10-12-25)19(26)27)13-1-5-16(6-2-13)20(22,23)24/h1-8,15,18H,9-12H2,(H,26,27). The number of hydrogen-bond donors (Lipinski definition) is 1. The van der Waals surface area contributed by atoms with Gasteiger partial charge in [0.15, 0.2) is 0 Å². The lowest BCUT2D eigenvalue weighted by atomic mass is 9.91. The Balaban J connectivity index is 1.91. The predicted octanol–water partition coefficient (Wildman–Crippen LogP) is 5.24. The molecule has 1 aliphatic heterocycles. The highest BCUT2D eigenvalue weighted by Crippen LogP contribution is 2.35. The van der Waals surface area contributed by atoms with E-state index in [9.17, 15) is 23.1 Å². The van der Waals surface area contributed by atoms with Crippen LogP contribution in [0.4, 0.5) is 13.2 Å². The van der Waals surface area contributed by atoms with Crippen LogP contribution >= 0.6 is 11.6 Å². The number of rotatable bonds is 4. The van der Waals surface area contributed by atoms with Crippen LogP contribution in [-0.4, -0.2) is 29.1 Å². The molecule has 1 atom stereocenters. The van der Waals surface area contributed by atoms with Gasteiger partial charge in [-0.2, -0.15) is 13.2 Å². The number of benzene rings is 2. The summed E-state index contributed by atoms with van der Waals surface area (Å²) in [5, 5.41) is 9.77. The zero-order chi connectivity index (χ0) is 19.6. The molecule has 1 unspecified atom stereocenters. The molecule has 7 heteroatoms. The second-order valence-electron chi connectivity index (χ2n) is 6.72. The summed E-state index contributed by atoms with van der Waals surface area (Å²) in [7, 11) is 0. The molecule has 1 saturated heterocycles. The van der Waals surface area contributed by atoms with E-state index in [-0.39, 0.29) is 12.0 Å². The van der Waals surface area contributed by atoms with Gasteiger partial charge in [-0.05, 0) is 61.3 Å². The first-order valence-corrected chi connectivity index (χ1v) is 9.03. The minimum Gasteiger partial charge on any atom is -0.481 e. The summed E-state index contributed by atoms with van der Waals surface area (Å²) in [6.45, 7) is 1.12. The van der Waals surface area contributed by atoms with Gasteiger partial charge >= 0.3 is 12.1 Å². The average molecular weight is 398 g/mol. The molecule has 0 aliphatic carbocycles. The van der Waals surface area contributed by atoms with Crippen molar-refractivity contribution < 1.29 is 23.1 Å². The Hall–Kier alpha value is -2.05. The number of halogens is 4. The summed E-state index contributed by atoms with van der Waals surface area (Å²) in [5.74, 6) is -1.17. The lowest BCUT2D eigenvalue weighted by molar-refractivity contribution is -0.143. The number of nitrogens with zero attached hydrogens (tertiary/aromatic N) is 1. The lowest BCUT2D eigenvalue weighted by Gasteiger charge is -2.37. The van der Waals surface area contributed by atoms with Gasteiger partial charge in [-0.3, -0.25) is 9.69 Å². The molecule has 0 amide bonds. The smallest absolute Gasteiger partial charge is 0.416 e. The van der Waals surface area contributed by atoms with Crippen molar-refractivity contribution in [3.8, 4) is 0 Å². The Bertz CT molecular complexity index is 782. The highest BCUT2D eigenvalue weighted by molar-refractivity contribution is 6.30. The van der Waals surface area contributed by atoms with E-state index < -0.39 is 17.7 Å². The van der Waals surface area contributed by atoms with Gasteiger partial charge in [0, 0.05) is 5.02 Å². The van der Waals surface area contributed by atoms with E-state index in [1.165, 1.54) is 12.1 Å². The molecule has 1 N–H and O–H groups in total. The highest BCUT2D eigenvalue weighted by Gasteiger charge is 2.32. The number of aliphatic carboxylic acids is 1. The summed E-state index contributed by atoms with van der Waals surface area (Å²) in [4.78, 5) is 13.3. The Morgan fingerprint density at radius 1 is 1.00 bits per heavy atom. The summed E-state index contributed by atoms with van der Waals surface area (Å²) in [5.41, 5.74) is 0.956. The second kappa shape index (κ2) is 7.90. The van der Waals surface area contributed by atoms with Crippen molar-refractivity contribution in [3.63, 3.8) is 0 Å². The van der Waals surface area contributed by atoms with Crippen LogP contribution in [-0.2, 0) is 11.0 Å². The van der Waals surface area contributed by atoms with Crippen LogP contribution in [0.1, 0.15) is 35.6 Å². The molecule has 1 fully saturated rings. The number of carbonyl (C=O) groups is 1. The number of alkyl halides is 3. The predicted molar refractivity (Wildman–Crippen MR) is 96.7 cm³/mol. The van der Waals surface area contributed by atoms with Crippen molar-refractivity contribution in [2.75, 3.05) is 13.1 Å². The zero-order valence-electron chi connectivity index (χ0n) is 14.4. The third kappa shape index (κ3) is 4.62. The molecule has 0 bridgehead atoms. The van der Waals surface area contributed by atoms with Crippen LogP contribution in [0.25, 0.3) is 0 Å². The third-order valence-electron chi connectivity index (χ3n) is 4.98. The first-order chi connectivity index (χ1) is 12.8. The first kappa shape index (κ1) is 19.7. The molecule has 144 valence electrons. The SMILES string of the molecule is O=C(O)C1CCN(C(c2ccc(Cl)cc2)c2ccc(C(F)(F)F)cc2)CC1. The van der Waals surface area contributed by atoms with Crippen molar-refractivity contribution in [2.24, 2.45) is 5.92 Å². The molecule has 3 rings (SSSR count). The quantitative estimate of drug-likeness (QED) is 0.766. The van der Waals surface area contributed by atoms with E-state index >= 15 is 0 Å². The van der Waals surface area contributed by atoms with E-state index in [0.29, 0.717) is 31.0 Å². The molecule has 27 heavy (non-hydrogen) atoms. The number of likely N-dealkylation sites (tertiary alicyclic amines) is 1. The van der Waals surface area contributed by atoms with Crippen LogP contribution in [0.15, 0.2) is 48.5 Å².